The molecule has 36 heavy (non-hydrogen) atoms. The monoisotopic (exact) mass is 510 g/mol. The van der Waals surface area contributed by atoms with Gasteiger partial charge in [-0.2, -0.15) is 0 Å². The van der Waals surface area contributed by atoms with Crippen LogP contribution < -0.4 is 15.0 Å². The first-order valence-corrected chi connectivity index (χ1v) is 11.7. The maximum Gasteiger partial charge on any atom is 0.300 e. The first kappa shape index (κ1) is 23.3. The molecule has 0 radical (unpaired) electrons. The van der Waals surface area contributed by atoms with Gasteiger partial charge in [-0.15, -0.1) is 0 Å². The van der Waals surface area contributed by atoms with E-state index in [-0.39, 0.29) is 18.0 Å². The third kappa shape index (κ3) is 4.11. The van der Waals surface area contributed by atoms with Crippen LogP contribution in [0.5, 0.6) is 11.5 Å². The zero-order valence-corrected chi connectivity index (χ0v) is 19.6. The third-order valence-electron chi connectivity index (χ3n) is 5.54. The summed E-state index contributed by atoms with van der Waals surface area (Å²) in [6.07, 6.45) is 2.90. The topological polar surface area (TPSA) is 157 Å². The molecule has 13 nitrogen and oxygen atoms in total. The highest BCUT2D eigenvalue weighted by molar-refractivity contribution is 7.99. The molecule has 14 heteroatoms. The van der Waals surface area contributed by atoms with Gasteiger partial charge in [0.15, 0.2) is 27.8 Å². The highest BCUT2D eigenvalue weighted by Crippen LogP contribution is 2.38. The lowest BCUT2D eigenvalue weighted by Gasteiger charge is -2.09. The molecule has 2 aromatic carbocycles. The minimum Gasteiger partial charge on any atom is -0.454 e. The van der Waals surface area contributed by atoms with Crippen LogP contribution in [-0.4, -0.2) is 35.7 Å². The molecular formula is C22H18N6O7S. The maximum absolute atomic E-state index is 13.4. The molecule has 1 aliphatic rings. The van der Waals surface area contributed by atoms with Crippen LogP contribution in [0.4, 0.5) is 11.4 Å². The molecular weight excluding hydrogens is 492 g/mol. The number of hydrogen-bond donors (Lipinski definition) is 0. The molecule has 184 valence electrons. The molecule has 1 aliphatic heterocycles. The fourth-order valence-corrected chi connectivity index (χ4v) is 4.70. The Bertz CT molecular complexity index is 1580. The van der Waals surface area contributed by atoms with Crippen molar-refractivity contribution in [3.63, 3.8) is 0 Å². The Kier molecular flexibility index (Phi) is 6.01. The van der Waals surface area contributed by atoms with Gasteiger partial charge in [0.1, 0.15) is 12.0 Å². The summed E-state index contributed by atoms with van der Waals surface area (Å²) < 4.78 is 13.6. The molecule has 3 heterocycles. The van der Waals surface area contributed by atoms with Crippen LogP contribution in [0.1, 0.15) is 19.8 Å². The van der Waals surface area contributed by atoms with Gasteiger partial charge in [-0.25, -0.2) is 9.97 Å². The van der Waals surface area contributed by atoms with E-state index in [1.807, 2.05) is 23.6 Å². The Morgan fingerprint density at radius 1 is 1.08 bits per heavy atom. The molecule has 0 saturated carbocycles. The fraction of sp³-hybridized carbons (Fsp3) is 0.227. The van der Waals surface area contributed by atoms with Crippen molar-refractivity contribution >= 4 is 34.3 Å². The van der Waals surface area contributed by atoms with Gasteiger partial charge in [-0.3, -0.25) is 29.6 Å². The molecule has 0 atom stereocenters. The number of nitro benzene ring substituents is 2. The summed E-state index contributed by atoms with van der Waals surface area (Å²) in [5, 5.41) is 23.2. The van der Waals surface area contributed by atoms with Crippen LogP contribution in [0.15, 0.2) is 57.6 Å². The van der Waals surface area contributed by atoms with Crippen LogP contribution >= 0.6 is 11.8 Å². The van der Waals surface area contributed by atoms with Crippen molar-refractivity contribution in [1.29, 1.82) is 0 Å². The Morgan fingerprint density at radius 2 is 1.89 bits per heavy atom. The minimum atomic E-state index is -0.778. The standard InChI is InChI=1S/C22H18N6O7S/c1-2-3-8-25-20-19(24-22(25)36-14-5-7-17-18(10-14)35-12-34-17)21(29)26(11-23-20)15-6-4-13(27(30)31)9-16(15)28(32)33/h4-7,9-11H,2-3,8,12H2,1H3. The summed E-state index contributed by atoms with van der Waals surface area (Å²) in [7, 11) is 0. The highest BCUT2D eigenvalue weighted by atomic mass is 32.2. The van der Waals surface area contributed by atoms with E-state index in [9.17, 15) is 25.0 Å². The Balaban J connectivity index is 1.62. The second-order valence-electron chi connectivity index (χ2n) is 7.80. The Labute approximate surface area is 206 Å². The van der Waals surface area contributed by atoms with Gasteiger partial charge in [0.05, 0.1) is 15.9 Å². The van der Waals surface area contributed by atoms with Gasteiger partial charge < -0.3 is 14.0 Å². The summed E-state index contributed by atoms with van der Waals surface area (Å²) in [5.41, 5.74) is -1.44. The molecule has 2 aromatic heterocycles. The van der Waals surface area contributed by atoms with Crippen molar-refractivity contribution in [3.8, 4) is 17.2 Å². The molecule has 5 rings (SSSR count). The molecule has 0 unspecified atom stereocenters. The Hall–Kier alpha value is -4.46. The van der Waals surface area contributed by atoms with E-state index in [0.717, 1.165) is 40.5 Å². The van der Waals surface area contributed by atoms with Crippen LogP contribution in [0, 0.1) is 20.2 Å². The number of nitrogens with zero attached hydrogens (tertiary/aromatic N) is 6. The molecule has 4 aromatic rings. The number of aryl methyl sites for hydroxylation is 1. The molecule has 0 aliphatic carbocycles. The zero-order valence-electron chi connectivity index (χ0n) is 18.8. The lowest BCUT2D eigenvalue weighted by molar-refractivity contribution is -0.394. The molecule has 0 saturated heterocycles. The normalized spacial score (nSPS) is 12.2. The van der Waals surface area contributed by atoms with E-state index in [1.165, 1.54) is 18.1 Å². The first-order chi connectivity index (χ1) is 17.4. The second kappa shape index (κ2) is 9.30. The van der Waals surface area contributed by atoms with Crippen LogP contribution in [-0.2, 0) is 6.54 Å². The van der Waals surface area contributed by atoms with Gasteiger partial charge in [-0.1, -0.05) is 25.1 Å². The number of ether oxygens (including phenoxy) is 2. The quantitative estimate of drug-likeness (QED) is 0.250. The maximum atomic E-state index is 13.4. The van der Waals surface area contributed by atoms with Crippen molar-refractivity contribution < 1.29 is 19.3 Å². The second-order valence-corrected chi connectivity index (χ2v) is 8.84. The molecule has 0 fully saturated rings. The number of aromatic nitrogens is 4. The van der Waals surface area contributed by atoms with Crippen molar-refractivity contribution in [2.24, 2.45) is 0 Å². The molecule has 0 amide bonds. The number of rotatable bonds is 8. The number of imidazole rings is 1. The number of fused-ring (bicyclic) bond motifs is 2. The highest BCUT2D eigenvalue weighted by Gasteiger charge is 2.24. The summed E-state index contributed by atoms with van der Waals surface area (Å²) in [6.45, 7) is 2.75. The van der Waals surface area contributed by atoms with Gasteiger partial charge >= 0.3 is 0 Å². The predicted octanol–water partition coefficient (Wildman–Crippen LogP) is 4.08. The van der Waals surface area contributed by atoms with Crippen LogP contribution in [0.25, 0.3) is 16.9 Å². The van der Waals surface area contributed by atoms with Crippen molar-refractivity contribution in [2.75, 3.05) is 6.79 Å². The number of unbranched alkanes of at least 4 members (excludes halogenated alkanes) is 1. The molecule has 0 spiro atoms. The van der Waals surface area contributed by atoms with E-state index in [2.05, 4.69) is 9.97 Å². The third-order valence-corrected chi connectivity index (χ3v) is 6.52. The molecule has 0 N–H and O–H groups in total. The van der Waals surface area contributed by atoms with Gasteiger partial charge in [0.25, 0.3) is 16.9 Å². The summed E-state index contributed by atoms with van der Waals surface area (Å²) in [5.74, 6) is 1.26. The van der Waals surface area contributed by atoms with E-state index < -0.39 is 26.8 Å². The first-order valence-electron chi connectivity index (χ1n) is 10.9. The van der Waals surface area contributed by atoms with Gasteiger partial charge in [0.2, 0.25) is 6.79 Å². The van der Waals surface area contributed by atoms with Crippen molar-refractivity contribution in [1.82, 2.24) is 19.1 Å². The molecule has 0 bridgehead atoms. The Morgan fingerprint density at radius 3 is 2.64 bits per heavy atom. The smallest absolute Gasteiger partial charge is 0.300 e. The lowest BCUT2D eigenvalue weighted by Crippen LogP contribution is -2.20. The lowest BCUT2D eigenvalue weighted by atomic mass is 10.2. The van der Waals surface area contributed by atoms with E-state index in [4.69, 9.17) is 9.47 Å². The van der Waals surface area contributed by atoms with Crippen molar-refractivity contribution in [3.05, 3.63) is 73.3 Å². The van der Waals surface area contributed by atoms with Crippen molar-refractivity contribution in [2.45, 2.75) is 36.4 Å². The number of hydrogen-bond acceptors (Lipinski definition) is 10. The van der Waals surface area contributed by atoms with E-state index in [0.29, 0.717) is 28.8 Å². The predicted molar refractivity (Wildman–Crippen MR) is 128 cm³/mol. The van der Waals surface area contributed by atoms with Gasteiger partial charge in [0, 0.05) is 17.5 Å². The number of nitro groups is 2. The average Bonchev–Trinajstić information content (AvgIpc) is 3.47. The fourth-order valence-electron chi connectivity index (χ4n) is 3.77. The largest absolute Gasteiger partial charge is 0.454 e. The minimum absolute atomic E-state index is 0.0319. The summed E-state index contributed by atoms with van der Waals surface area (Å²) in [4.78, 5) is 44.3. The SMILES string of the molecule is CCCCn1c(Sc2ccc3c(c2)OCO3)nc2c(=O)n(-c3ccc([N+](=O)[O-])cc3[N+](=O)[O-])cnc21. The zero-order chi connectivity index (χ0) is 25.4. The van der Waals surface area contributed by atoms with Gasteiger partial charge in [-0.05, 0) is 30.7 Å². The summed E-state index contributed by atoms with van der Waals surface area (Å²) >= 11 is 1.32. The van der Waals surface area contributed by atoms with Crippen LogP contribution in [0.2, 0.25) is 0 Å². The number of non-ortho nitro benzene ring substituents is 1. The summed E-state index contributed by atoms with van der Waals surface area (Å²) in [6, 6.07) is 8.53. The van der Waals surface area contributed by atoms with Crippen LogP contribution in [0.3, 0.4) is 0 Å². The number of benzene rings is 2. The van der Waals surface area contributed by atoms with E-state index in [1.54, 1.807) is 6.07 Å². The van der Waals surface area contributed by atoms with E-state index >= 15 is 0 Å². The average molecular weight is 510 g/mol.